The van der Waals surface area contributed by atoms with E-state index >= 15 is 0 Å². The molecule has 0 amide bonds. The van der Waals surface area contributed by atoms with Crippen LogP contribution >= 0.6 is 0 Å². The molecule has 4 rings (SSSR count). The van der Waals surface area contributed by atoms with Gasteiger partial charge in [0, 0.05) is 23.3 Å². The van der Waals surface area contributed by atoms with Crippen LogP contribution in [0, 0.1) is 55.4 Å². The van der Waals surface area contributed by atoms with Crippen LogP contribution in [-0.2, 0) is 13.2 Å². The Morgan fingerprint density at radius 2 is 1.20 bits per heavy atom. The molecule has 3 N–H and O–H groups in total. The van der Waals surface area contributed by atoms with Crippen molar-refractivity contribution in [1.29, 1.82) is 21.0 Å². The van der Waals surface area contributed by atoms with Crippen molar-refractivity contribution in [1.82, 2.24) is 0 Å². The Morgan fingerprint density at radius 1 is 0.683 bits per heavy atom. The molecule has 0 bridgehead atoms. The molecule has 11 heteroatoms. The maximum Gasteiger partial charge on any atom is 0.270 e. The van der Waals surface area contributed by atoms with Crippen LogP contribution in [0.2, 0.25) is 0 Å². The molecule has 0 saturated heterocycles. The SMILES string of the molecule is N#Cc1ccc(Oc2ccccc2CO)cc1C#N.N#Cc1ccc([N+](=O)[O-])cc1C#N.OCc1ccccc1O. The van der Waals surface area contributed by atoms with E-state index < -0.39 is 4.92 Å². The van der Waals surface area contributed by atoms with Gasteiger partial charge in [-0.1, -0.05) is 36.4 Å². The first-order chi connectivity index (χ1) is 19.8. The van der Waals surface area contributed by atoms with Crippen molar-refractivity contribution in [3.63, 3.8) is 0 Å². The fourth-order valence-corrected chi connectivity index (χ4v) is 3.12. The largest absolute Gasteiger partial charge is 0.508 e. The topological polar surface area (TPSA) is 208 Å². The number of hydrogen-bond acceptors (Lipinski definition) is 10. The Balaban J connectivity index is 0.000000232. The lowest BCUT2D eigenvalue weighted by atomic mass is 10.1. The molecule has 41 heavy (non-hydrogen) atoms. The number of nitriles is 4. The van der Waals surface area contributed by atoms with Crippen molar-refractivity contribution in [3.8, 4) is 41.5 Å². The third kappa shape index (κ3) is 8.93. The van der Waals surface area contributed by atoms with E-state index in [9.17, 15) is 15.2 Å². The predicted octanol–water partition coefficient (Wildman–Crippen LogP) is 4.94. The van der Waals surface area contributed by atoms with Gasteiger partial charge in [0.15, 0.2) is 0 Å². The van der Waals surface area contributed by atoms with Crippen molar-refractivity contribution in [3.05, 3.63) is 128 Å². The summed E-state index contributed by atoms with van der Waals surface area (Å²) in [6.07, 6.45) is 0. The summed E-state index contributed by atoms with van der Waals surface area (Å²) in [5.74, 6) is 1.13. The molecule has 11 nitrogen and oxygen atoms in total. The summed E-state index contributed by atoms with van der Waals surface area (Å²) < 4.78 is 5.62. The van der Waals surface area contributed by atoms with Crippen LogP contribution < -0.4 is 4.74 Å². The highest BCUT2D eigenvalue weighted by Crippen LogP contribution is 2.27. The van der Waals surface area contributed by atoms with Gasteiger partial charge in [-0.15, -0.1) is 0 Å². The molecule has 0 fully saturated rings. The first kappa shape index (κ1) is 31.0. The zero-order valence-electron chi connectivity index (χ0n) is 21.3. The van der Waals surface area contributed by atoms with Gasteiger partial charge < -0.3 is 20.1 Å². The van der Waals surface area contributed by atoms with E-state index in [0.717, 1.165) is 6.07 Å². The highest BCUT2D eigenvalue weighted by atomic mass is 16.6. The third-order valence-electron chi connectivity index (χ3n) is 5.22. The highest BCUT2D eigenvalue weighted by molar-refractivity contribution is 5.52. The highest BCUT2D eigenvalue weighted by Gasteiger charge is 2.10. The average Bonchev–Trinajstić information content (AvgIpc) is 3.01. The van der Waals surface area contributed by atoms with Gasteiger partial charge in [0.1, 0.15) is 41.5 Å². The van der Waals surface area contributed by atoms with Crippen LogP contribution in [0.1, 0.15) is 33.4 Å². The lowest BCUT2D eigenvalue weighted by molar-refractivity contribution is -0.384. The van der Waals surface area contributed by atoms with E-state index in [0.29, 0.717) is 28.2 Å². The molecular weight excluding hydrogens is 526 g/mol. The number of nitro groups is 1. The Hall–Kier alpha value is -6.24. The number of rotatable bonds is 5. The van der Waals surface area contributed by atoms with E-state index in [1.54, 1.807) is 66.7 Å². The minimum absolute atomic E-state index is 0.0247. The van der Waals surface area contributed by atoms with Crippen LogP contribution in [0.3, 0.4) is 0 Å². The van der Waals surface area contributed by atoms with Gasteiger partial charge in [0.2, 0.25) is 0 Å². The van der Waals surface area contributed by atoms with E-state index in [4.69, 9.17) is 36.0 Å². The number of ether oxygens (including phenoxy) is 1. The number of aliphatic hydroxyl groups excluding tert-OH is 2. The van der Waals surface area contributed by atoms with Crippen LogP contribution in [0.15, 0.2) is 84.9 Å². The van der Waals surface area contributed by atoms with Crippen molar-refractivity contribution >= 4 is 5.69 Å². The van der Waals surface area contributed by atoms with Gasteiger partial charge >= 0.3 is 0 Å². The van der Waals surface area contributed by atoms with E-state index in [-0.39, 0.29) is 41.3 Å². The molecule has 4 aromatic carbocycles. The number of hydrogen-bond donors (Lipinski definition) is 3. The maximum absolute atomic E-state index is 10.3. The van der Waals surface area contributed by atoms with E-state index in [1.165, 1.54) is 24.3 Å². The second-order valence-corrected chi connectivity index (χ2v) is 7.80. The summed E-state index contributed by atoms with van der Waals surface area (Å²) in [4.78, 5) is 9.67. The minimum Gasteiger partial charge on any atom is -0.508 e. The minimum atomic E-state index is -0.609. The molecule has 0 heterocycles. The molecule has 0 radical (unpaired) electrons. The Labute approximate surface area is 235 Å². The van der Waals surface area contributed by atoms with Crippen LogP contribution in [-0.4, -0.2) is 20.2 Å². The molecule has 0 aromatic heterocycles. The number of nitrogens with zero attached hydrogens (tertiary/aromatic N) is 5. The lowest BCUT2D eigenvalue weighted by Crippen LogP contribution is -1.92. The number of benzene rings is 4. The molecule has 0 aliphatic rings. The lowest BCUT2D eigenvalue weighted by Gasteiger charge is -2.09. The monoisotopic (exact) mass is 547 g/mol. The fraction of sp³-hybridized carbons (Fsp3) is 0.0667. The summed E-state index contributed by atoms with van der Waals surface area (Å²) in [5.41, 5.74) is 1.79. The van der Waals surface area contributed by atoms with Gasteiger partial charge in [-0.2, -0.15) is 21.0 Å². The van der Waals surface area contributed by atoms with Gasteiger partial charge in [-0.05, 0) is 36.4 Å². The van der Waals surface area contributed by atoms with Crippen molar-refractivity contribution in [2.45, 2.75) is 13.2 Å². The van der Waals surface area contributed by atoms with Gasteiger partial charge in [-0.3, -0.25) is 10.1 Å². The van der Waals surface area contributed by atoms with Crippen LogP contribution in [0.25, 0.3) is 0 Å². The predicted molar refractivity (Wildman–Crippen MR) is 145 cm³/mol. The molecule has 4 aromatic rings. The van der Waals surface area contributed by atoms with Crippen LogP contribution in [0.5, 0.6) is 17.2 Å². The Bertz CT molecular complexity index is 1690. The average molecular weight is 548 g/mol. The molecular formula is C30H21N5O6. The normalized spacial score (nSPS) is 9.12. The molecule has 0 saturated carbocycles. The van der Waals surface area contributed by atoms with Crippen molar-refractivity contribution < 1.29 is 25.0 Å². The van der Waals surface area contributed by atoms with Crippen molar-refractivity contribution in [2.75, 3.05) is 0 Å². The smallest absolute Gasteiger partial charge is 0.270 e. The number of phenols is 1. The first-order valence-corrected chi connectivity index (χ1v) is 11.6. The molecule has 0 aliphatic heterocycles. The van der Waals surface area contributed by atoms with Gasteiger partial charge in [0.05, 0.1) is 40.4 Å². The molecule has 0 aliphatic carbocycles. The quantitative estimate of drug-likeness (QED) is 0.226. The second-order valence-electron chi connectivity index (χ2n) is 7.80. The van der Waals surface area contributed by atoms with E-state index in [2.05, 4.69) is 0 Å². The summed E-state index contributed by atoms with van der Waals surface area (Å²) in [6.45, 7) is -0.232. The fourth-order valence-electron chi connectivity index (χ4n) is 3.12. The number of nitro benzene ring substituents is 1. The van der Waals surface area contributed by atoms with Gasteiger partial charge in [0.25, 0.3) is 5.69 Å². The zero-order valence-corrected chi connectivity index (χ0v) is 21.3. The third-order valence-corrected chi connectivity index (χ3v) is 5.22. The summed E-state index contributed by atoms with van der Waals surface area (Å²) >= 11 is 0. The zero-order chi connectivity index (χ0) is 30.2. The number of aromatic hydroxyl groups is 1. The number of para-hydroxylation sites is 2. The van der Waals surface area contributed by atoms with E-state index in [1.807, 2.05) is 12.1 Å². The van der Waals surface area contributed by atoms with Gasteiger partial charge in [-0.25, -0.2) is 0 Å². The van der Waals surface area contributed by atoms with Crippen LogP contribution in [0.4, 0.5) is 5.69 Å². The number of aliphatic hydroxyl groups is 2. The molecule has 0 atom stereocenters. The standard InChI is InChI=1S/C15H10N2O2.C8H3N3O2.C7H8O2/c16-8-11-5-6-14(7-13(11)9-17)19-15-4-2-1-3-12(15)10-18;9-4-6-1-2-8(11(12)13)3-7(6)5-10;8-5-6-3-1-2-4-7(6)9/h1-7,18H,10H2;1-3H;1-4,8-9H,5H2. The summed E-state index contributed by atoms with van der Waals surface area (Å²) in [6, 6.07) is 29.4. The second kappa shape index (κ2) is 15.9. The maximum atomic E-state index is 10.3. The molecule has 0 unspecified atom stereocenters. The molecule has 202 valence electrons. The summed E-state index contributed by atoms with van der Waals surface area (Å²) in [5, 5.41) is 71.8. The molecule has 0 spiro atoms. The number of non-ortho nitro benzene ring substituents is 1. The Kier molecular flexibility index (Phi) is 12.0. The first-order valence-electron chi connectivity index (χ1n) is 11.6. The van der Waals surface area contributed by atoms with Crippen molar-refractivity contribution in [2.24, 2.45) is 0 Å². The summed E-state index contributed by atoms with van der Waals surface area (Å²) in [7, 11) is 0. The Morgan fingerprint density at radius 3 is 1.71 bits per heavy atom.